The first-order chi connectivity index (χ1) is 26.7. The minimum atomic E-state index is -5.08. The Morgan fingerprint density at radius 2 is 1.68 bits per heavy atom. The number of aliphatic carboxylic acids is 1. The summed E-state index contributed by atoms with van der Waals surface area (Å²) in [7, 11) is 0. The van der Waals surface area contributed by atoms with Crippen LogP contribution in [0.1, 0.15) is 71.2 Å². The third kappa shape index (κ3) is 15.6. The van der Waals surface area contributed by atoms with Gasteiger partial charge in [0.15, 0.2) is 0 Å². The van der Waals surface area contributed by atoms with Gasteiger partial charge in [-0.15, -0.1) is 0 Å². The van der Waals surface area contributed by atoms with Gasteiger partial charge in [-0.05, 0) is 60.6 Å². The first-order valence-electron chi connectivity index (χ1n) is 18.1. The standard InChI is InChI=1S/C39H50F2N4O5.C2HF3O2/c1-6-11-28(12-7-2)26-50-36(48)17-19-43-38(49)33(42)18-20-45(35(47)25-46)37(39(3,4)5)34-21-29(31-22-30(40)15-16-32(31)41)24-44(34)23-27-13-9-8-10-14-27;3-2(4,5)1(6)7/h6,8-16,21-22,24,33,37,46H,7,17-20,23,25-26,42H2,1-5H3,(H,43,49);(H,6,7)/b11-6-,28-12+;. The van der Waals surface area contributed by atoms with E-state index in [9.17, 15) is 41.4 Å². The van der Waals surface area contributed by atoms with Crippen LogP contribution >= 0.6 is 0 Å². The Labute approximate surface area is 329 Å². The van der Waals surface area contributed by atoms with Gasteiger partial charge < -0.3 is 35.5 Å². The van der Waals surface area contributed by atoms with Crippen molar-refractivity contribution in [2.45, 2.75) is 78.7 Å². The molecule has 3 rings (SSSR count). The number of carboxylic acid groups (broad SMARTS) is 1. The molecule has 2 amide bonds. The lowest BCUT2D eigenvalue weighted by atomic mass is 9.82. The molecule has 0 aliphatic carbocycles. The van der Waals surface area contributed by atoms with Gasteiger partial charge in [0.25, 0.3) is 0 Å². The number of alkyl halides is 3. The first-order valence-corrected chi connectivity index (χ1v) is 18.1. The lowest BCUT2D eigenvalue weighted by Gasteiger charge is -2.41. The molecule has 16 heteroatoms. The first kappa shape index (κ1) is 47.8. The molecule has 0 fully saturated rings. The van der Waals surface area contributed by atoms with Gasteiger partial charge in [-0.2, -0.15) is 13.2 Å². The second-order valence-electron chi connectivity index (χ2n) is 14.0. The second-order valence-corrected chi connectivity index (χ2v) is 14.0. The zero-order valence-corrected chi connectivity index (χ0v) is 32.6. The number of rotatable bonds is 17. The summed E-state index contributed by atoms with van der Waals surface area (Å²) in [4.78, 5) is 48.9. The van der Waals surface area contributed by atoms with Gasteiger partial charge in [-0.1, -0.05) is 76.3 Å². The summed E-state index contributed by atoms with van der Waals surface area (Å²) in [6, 6.07) is 12.9. The highest BCUT2D eigenvalue weighted by atomic mass is 19.4. The SMILES string of the molecule is C/C=C\C(=C/CC)COC(=O)CCNC(=O)C(N)CCN(C(=O)CO)C(c1cc(-c2cc(F)ccc2F)cn1Cc1ccccc1)C(C)(C)C.O=C(O)C(F)(F)F. The molecule has 11 nitrogen and oxygen atoms in total. The summed E-state index contributed by atoms with van der Waals surface area (Å²) in [6.07, 6.45) is 3.16. The van der Waals surface area contributed by atoms with E-state index in [1.807, 2.05) is 87.7 Å². The number of allylic oxidation sites excluding steroid dienone is 2. The highest BCUT2D eigenvalue weighted by molar-refractivity contribution is 5.82. The summed E-state index contributed by atoms with van der Waals surface area (Å²) < 4.78 is 68.2. The van der Waals surface area contributed by atoms with Crippen LogP contribution in [-0.2, 0) is 30.5 Å². The minimum absolute atomic E-state index is 0.00954. The van der Waals surface area contributed by atoms with Gasteiger partial charge >= 0.3 is 18.1 Å². The molecule has 5 N–H and O–H groups in total. The molecule has 0 saturated carbocycles. The molecular weight excluding hydrogens is 755 g/mol. The number of benzene rings is 2. The minimum Gasteiger partial charge on any atom is -0.475 e. The zero-order valence-electron chi connectivity index (χ0n) is 32.6. The van der Waals surface area contributed by atoms with E-state index in [1.54, 1.807) is 12.3 Å². The van der Waals surface area contributed by atoms with Gasteiger partial charge in [0, 0.05) is 42.7 Å². The van der Waals surface area contributed by atoms with Crippen molar-refractivity contribution in [1.29, 1.82) is 0 Å². The molecular formula is C41H51F5N4O7. The Kier molecular flexibility index (Phi) is 18.8. The number of nitrogens with zero attached hydrogens (tertiary/aromatic N) is 2. The normalized spacial score (nSPS) is 13.0. The van der Waals surface area contributed by atoms with Crippen molar-refractivity contribution in [2.75, 3.05) is 26.3 Å². The van der Waals surface area contributed by atoms with Crippen molar-refractivity contribution in [2.24, 2.45) is 11.1 Å². The number of aliphatic hydroxyl groups is 1. The number of halogens is 5. The fourth-order valence-electron chi connectivity index (χ4n) is 5.82. The topological polar surface area (TPSA) is 164 Å². The smallest absolute Gasteiger partial charge is 0.475 e. The highest BCUT2D eigenvalue weighted by Crippen LogP contribution is 2.41. The Hall–Kier alpha value is -5.35. The highest BCUT2D eigenvalue weighted by Gasteiger charge is 2.39. The van der Waals surface area contributed by atoms with E-state index < -0.39 is 65.7 Å². The molecule has 2 atom stereocenters. The fraction of sp³-hybridized carbons (Fsp3) is 0.415. The number of aliphatic hydroxyl groups excluding tert-OH is 1. The van der Waals surface area contributed by atoms with Crippen LogP contribution in [0.4, 0.5) is 22.0 Å². The third-order valence-electron chi connectivity index (χ3n) is 8.37. The van der Waals surface area contributed by atoms with Gasteiger partial charge in [0.2, 0.25) is 11.8 Å². The van der Waals surface area contributed by atoms with Crippen molar-refractivity contribution in [3.05, 3.63) is 107 Å². The molecule has 1 aromatic heterocycles. The van der Waals surface area contributed by atoms with Crippen LogP contribution in [0.3, 0.4) is 0 Å². The van der Waals surface area contributed by atoms with E-state index in [-0.39, 0.29) is 38.1 Å². The van der Waals surface area contributed by atoms with Crippen LogP contribution < -0.4 is 11.1 Å². The quantitative estimate of drug-likeness (QED) is 0.0665. The van der Waals surface area contributed by atoms with E-state index in [0.717, 1.165) is 35.8 Å². The van der Waals surface area contributed by atoms with Crippen molar-refractivity contribution in [3.63, 3.8) is 0 Å². The van der Waals surface area contributed by atoms with Crippen molar-refractivity contribution in [3.8, 4) is 11.1 Å². The summed E-state index contributed by atoms with van der Waals surface area (Å²) in [5.74, 6) is -5.49. The average Bonchev–Trinajstić information content (AvgIpc) is 3.54. The fourth-order valence-corrected chi connectivity index (χ4v) is 5.82. The van der Waals surface area contributed by atoms with Crippen LogP contribution in [0, 0.1) is 17.0 Å². The molecule has 57 heavy (non-hydrogen) atoms. The van der Waals surface area contributed by atoms with Gasteiger partial charge in [0.1, 0.15) is 24.8 Å². The predicted octanol–water partition coefficient (Wildman–Crippen LogP) is 6.70. The number of nitrogens with one attached hydrogen (secondary N) is 1. The number of carboxylic acids is 1. The number of amides is 2. The second kappa shape index (κ2) is 22.4. The summed E-state index contributed by atoms with van der Waals surface area (Å²) in [6.45, 7) is 9.43. The van der Waals surface area contributed by atoms with Crippen LogP contribution in [0.5, 0.6) is 0 Å². The summed E-state index contributed by atoms with van der Waals surface area (Å²) in [5, 5.41) is 19.8. The van der Waals surface area contributed by atoms with Crippen molar-refractivity contribution in [1.82, 2.24) is 14.8 Å². The number of carbonyl (C=O) groups is 4. The van der Waals surface area contributed by atoms with Crippen molar-refractivity contribution >= 4 is 23.8 Å². The van der Waals surface area contributed by atoms with E-state index in [1.165, 1.54) is 4.90 Å². The number of nitrogens with two attached hydrogens (primary N) is 1. The molecule has 2 aromatic carbocycles. The van der Waals surface area contributed by atoms with Gasteiger partial charge in [-0.25, -0.2) is 13.6 Å². The largest absolute Gasteiger partial charge is 0.490 e. The van der Waals surface area contributed by atoms with Crippen LogP contribution in [0.2, 0.25) is 0 Å². The van der Waals surface area contributed by atoms with E-state index >= 15 is 0 Å². The number of aromatic nitrogens is 1. The van der Waals surface area contributed by atoms with Gasteiger partial charge in [0.05, 0.1) is 18.5 Å². The summed E-state index contributed by atoms with van der Waals surface area (Å²) in [5.41, 5.74) is 8.59. The monoisotopic (exact) mass is 806 g/mol. The Morgan fingerprint density at radius 3 is 2.25 bits per heavy atom. The lowest BCUT2D eigenvalue weighted by Crippen LogP contribution is -2.47. The molecule has 0 spiro atoms. The maximum absolute atomic E-state index is 15.0. The molecule has 312 valence electrons. The van der Waals surface area contributed by atoms with Crippen LogP contribution in [-0.4, -0.2) is 82.0 Å². The number of ether oxygens (including phenoxy) is 1. The molecule has 3 aromatic rings. The number of carbonyl (C=O) groups excluding carboxylic acids is 3. The molecule has 0 radical (unpaired) electrons. The van der Waals surface area contributed by atoms with Gasteiger partial charge in [-0.3, -0.25) is 14.4 Å². The zero-order chi connectivity index (χ0) is 42.9. The number of hydrogen-bond donors (Lipinski definition) is 4. The molecule has 0 saturated heterocycles. The van der Waals surface area contributed by atoms with E-state index in [2.05, 4.69) is 5.32 Å². The predicted molar refractivity (Wildman–Crippen MR) is 204 cm³/mol. The van der Waals surface area contributed by atoms with Crippen LogP contribution in [0.15, 0.2) is 84.6 Å². The Morgan fingerprint density at radius 1 is 1.04 bits per heavy atom. The Bertz CT molecular complexity index is 1850. The molecule has 0 aliphatic rings. The average molecular weight is 807 g/mol. The van der Waals surface area contributed by atoms with Crippen LogP contribution in [0.25, 0.3) is 11.1 Å². The van der Waals surface area contributed by atoms with E-state index in [4.69, 9.17) is 20.4 Å². The molecule has 0 aliphatic heterocycles. The maximum Gasteiger partial charge on any atom is 0.490 e. The summed E-state index contributed by atoms with van der Waals surface area (Å²) >= 11 is 0. The molecule has 2 unspecified atom stereocenters. The lowest BCUT2D eigenvalue weighted by molar-refractivity contribution is -0.192. The third-order valence-corrected chi connectivity index (χ3v) is 8.37. The number of hydrogen-bond acceptors (Lipinski definition) is 7. The molecule has 1 heterocycles. The number of esters is 1. The Balaban J connectivity index is 0.00000146. The van der Waals surface area contributed by atoms with E-state index in [0.29, 0.717) is 17.8 Å². The van der Waals surface area contributed by atoms with Crippen molar-refractivity contribution < 1.29 is 56.1 Å². The molecule has 0 bridgehead atoms. The maximum atomic E-state index is 15.0.